The van der Waals surface area contributed by atoms with E-state index in [1.807, 2.05) is 53.5 Å². The highest BCUT2D eigenvalue weighted by atomic mass is 32.1. The molecule has 0 spiro atoms. The van der Waals surface area contributed by atoms with Gasteiger partial charge < -0.3 is 10.1 Å². The summed E-state index contributed by atoms with van der Waals surface area (Å²) in [5.74, 6) is 0.869. The molecule has 3 aromatic rings. The Morgan fingerprint density at radius 3 is 2.79 bits per heavy atom. The molecule has 0 bridgehead atoms. The highest BCUT2D eigenvalue weighted by Gasteiger charge is 2.14. The predicted molar refractivity (Wildman–Crippen MR) is 96.1 cm³/mol. The highest BCUT2D eigenvalue weighted by Crippen LogP contribution is 2.16. The molecule has 0 unspecified atom stereocenters. The van der Waals surface area contributed by atoms with Crippen molar-refractivity contribution < 1.29 is 4.74 Å². The monoisotopic (exact) mass is 342 g/mol. The van der Waals surface area contributed by atoms with Crippen molar-refractivity contribution in [2.24, 2.45) is 0 Å². The van der Waals surface area contributed by atoms with E-state index in [-0.39, 0.29) is 0 Å². The fourth-order valence-corrected chi connectivity index (χ4v) is 3.05. The summed E-state index contributed by atoms with van der Waals surface area (Å²) in [5.41, 5.74) is 1.05. The molecule has 2 heterocycles. The largest absolute Gasteiger partial charge is 0.486 e. The zero-order valence-electron chi connectivity index (χ0n) is 13.9. The Morgan fingerprint density at radius 1 is 1.21 bits per heavy atom. The minimum absolute atomic E-state index is 0.291. The number of thiazole rings is 1. The minimum Gasteiger partial charge on any atom is -0.486 e. The average Bonchev–Trinajstić information content (AvgIpc) is 3.30. The fraction of sp³-hybridized carbons (Fsp3) is 0.333. The van der Waals surface area contributed by atoms with Crippen LogP contribution >= 0.6 is 11.3 Å². The SMILES string of the molecule is C[C@H]([C@@H](C)NCc1csc(COc2ccccc2)n1)n1cccn1. The third kappa shape index (κ3) is 4.43. The van der Waals surface area contributed by atoms with Crippen molar-refractivity contribution in [1.29, 1.82) is 0 Å². The van der Waals surface area contributed by atoms with Gasteiger partial charge in [-0.05, 0) is 32.0 Å². The van der Waals surface area contributed by atoms with Gasteiger partial charge in [-0.3, -0.25) is 4.68 Å². The number of rotatable bonds is 8. The van der Waals surface area contributed by atoms with Gasteiger partial charge in [0.05, 0.1) is 11.7 Å². The molecular formula is C18H22N4OS. The lowest BCUT2D eigenvalue weighted by molar-refractivity contribution is 0.305. The van der Waals surface area contributed by atoms with E-state index >= 15 is 0 Å². The molecule has 0 aliphatic heterocycles. The molecule has 0 saturated carbocycles. The van der Waals surface area contributed by atoms with Gasteiger partial charge in [0.1, 0.15) is 17.4 Å². The van der Waals surface area contributed by atoms with Crippen LogP contribution in [-0.2, 0) is 13.2 Å². The number of nitrogens with one attached hydrogen (secondary N) is 1. The highest BCUT2D eigenvalue weighted by molar-refractivity contribution is 7.09. The van der Waals surface area contributed by atoms with Crippen molar-refractivity contribution in [2.45, 2.75) is 39.1 Å². The van der Waals surface area contributed by atoms with Crippen LogP contribution < -0.4 is 10.1 Å². The third-order valence-corrected chi connectivity index (χ3v) is 4.85. The van der Waals surface area contributed by atoms with Gasteiger partial charge in [-0.25, -0.2) is 4.98 Å². The van der Waals surface area contributed by atoms with Crippen LogP contribution in [0.25, 0.3) is 0 Å². The third-order valence-electron chi connectivity index (χ3n) is 3.98. The summed E-state index contributed by atoms with van der Waals surface area (Å²) in [4.78, 5) is 4.63. The summed E-state index contributed by atoms with van der Waals surface area (Å²) < 4.78 is 7.70. The molecular weight excluding hydrogens is 320 g/mol. The van der Waals surface area contributed by atoms with Crippen LogP contribution in [-0.4, -0.2) is 20.8 Å². The Balaban J connectivity index is 1.47. The number of para-hydroxylation sites is 1. The molecule has 0 radical (unpaired) electrons. The van der Waals surface area contributed by atoms with Crippen LogP contribution in [0.3, 0.4) is 0 Å². The van der Waals surface area contributed by atoms with Crippen molar-refractivity contribution in [3.63, 3.8) is 0 Å². The first-order valence-corrected chi connectivity index (χ1v) is 8.94. The molecule has 126 valence electrons. The lowest BCUT2D eigenvalue weighted by Gasteiger charge is -2.21. The number of benzene rings is 1. The minimum atomic E-state index is 0.291. The standard InChI is InChI=1S/C18H22N4OS/c1-14(15(2)22-10-6-9-20-22)19-11-16-13-24-18(21-16)12-23-17-7-4-3-5-8-17/h3-10,13-15,19H,11-12H2,1-2H3/t14-,15-/m1/s1. The van der Waals surface area contributed by atoms with Crippen LogP contribution in [0.2, 0.25) is 0 Å². The average molecular weight is 342 g/mol. The summed E-state index contributed by atoms with van der Waals surface area (Å²) in [5, 5.41) is 10.9. The Bertz CT molecular complexity index is 727. The zero-order chi connectivity index (χ0) is 16.8. The predicted octanol–water partition coefficient (Wildman–Crippen LogP) is 3.66. The van der Waals surface area contributed by atoms with E-state index in [0.29, 0.717) is 18.7 Å². The van der Waals surface area contributed by atoms with E-state index in [4.69, 9.17) is 4.74 Å². The number of hydrogen-bond acceptors (Lipinski definition) is 5. The number of ether oxygens (including phenoxy) is 1. The van der Waals surface area contributed by atoms with Gasteiger partial charge in [0, 0.05) is 30.4 Å². The molecule has 24 heavy (non-hydrogen) atoms. The Labute approximate surface area is 146 Å². The van der Waals surface area contributed by atoms with E-state index in [1.54, 1.807) is 11.3 Å². The molecule has 6 heteroatoms. The summed E-state index contributed by atoms with van der Waals surface area (Å²) >= 11 is 1.63. The Kier molecular flexibility index (Phi) is 5.61. The van der Waals surface area contributed by atoms with Gasteiger partial charge in [-0.1, -0.05) is 18.2 Å². The first-order valence-electron chi connectivity index (χ1n) is 8.06. The number of aromatic nitrogens is 3. The van der Waals surface area contributed by atoms with E-state index in [2.05, 4.69) is 34.6 Å². The maximum absolute atomic E-state index is 5.73. The number of hydrogen-bond donors (Lipinski definition) is 1. The topological polar surface area (TPSA) is 52.0 Å². The van der Waals surface area contributed by atoms with Crippen LogP contribution in [0.15, 0.2) is 54.2 Å². The Hall–Kier alpha value is -2.18. The van der Waals surface area contributed by atoms with Crippen molar-refractivity contribution in [3.05, 3.63) is 64.9 Å². The van der Waals surface area contributed by atoms with Gasteiger partial charge in [0.15, 0.2) is 0 Å². The molecule has 1 N–H and O–H groups in total. The molecule has 2 atom stereocenters. The van der Waals surface area contributed by atoms with Gasteiger partial charge in [0.25, 0.3) is 0 Å². The molecule has 2 aromatic heterocycles. The second-order valence-corrected chi connectivity index (χ2v) is 6.67. The van der Waals surface area contributed by atoms with Gasteiger partial charge >= 0.3 is 0 Å². The van der Waals surface area contributed by atoms with Crippen molar-refractivity contribution in [3.8, 4) is 5.75 Å². The number of nitrogens with zero attached hydrogens (tertiary/aromatic N) is 3. The molecule has 1 aromatic carbocycles. The van der Waals surface area contributed by atoms with Gasteiger partial charge in [0.2, 0.25) is 0 Å². The molecule has 0 amide bonds. The Morgan fingerprint density at radius 2 is 2.04 bits per heavy atom. The first kappa shape index (κ1) is 16.7. The molecule has 3 rings (SSSR count). The first-order chi connectivity index (χ1) is 11.7. The molecule has 0 aliphatic carbocycles. The molecule has 0 aliphatic rings. The summed E-state index contributed by atoms with van der Waals surface area (Å²) in [6, 6.07) is 12.4. The second kappa shape index (κ2) is 8.08. The van der Waals surface area contributed by atoms with E-state index in [9.17, 15) is 0 Å². The lowest BCUT2D eigenvalue weighted by Crippen LogP contribution is -2.33. The second-order valence-electron chi connectivity index (χ2n) is 5.73. The quantitative estimate of drug-likeness (QED) is 0.679. The maximum Gasteiger partial charge on any atom is 0.140 e. The maximum atomic E-state index is 5.73. The van der Waals surface area contributed by atoms with Gasteiger partial charge in [-0.15, -0.1) is 11.3 Å². The normalized spacial score (nSPS) is 13.6. The van der Waals surface area contributed by atoms with Crippen LogP contribution in [0, 0.1) is 0 Å². The zero-order valence-corrected chi connectivity index (χ0v) is 14.7. The van der Waals surface area contributed by atoms with Gasteiger partial charge in [-0.2, -0.15) is 5.10 Å². The van der Waals surface area contributed by atoms with Crippen molar-refractivity contribution in [1.82, 2.24) is 20.1 Å². The lowest BCUT2D eigenvalue weighted by atomic mass is 10.2. The smallest absolute Gasteiger partial charge is 0.140 e. The molecule has 0 saturated heterocycles. The summed E-state index contributed by atoms with van der Waals surface area (Å²) in [6.45, 7) is 5.57. The summed E-state index contributed by atoms with van der Waals surface area (Å²) in [7, 11) is 0. The molecule has 0 fully saturated rings. The van der Waals surface area contributed by atoms with Crippen molar-refractivity contribution >= 4 is 11.3 Å². The van der Waals surface area contributed by atoms with E-state index in [0.717, 1.165) is 23.0 Å². The van der Waals surface area contributed by atoms with Crippen LogP contribution in [0.5, 0.6) is 5.75 Å². The van der Waals surface area contributed by atoms with E-state index < -0.39 is 0 Å². The fourth-order valence-electron chi connectivity index (χ4n) is 2.34. The van der Waals surface area contributed by atoms with Crippen molar-refractivity contribution in [2.75, 3.05) is 0 Å². The van der Waals surface area contributed by atoms with E-state index in [1.165, 1.54) is 0 Å². The molecule has 5 nitrogen and oxygen atoms in total. The van der Waals surface area contributed by atoms with Crippen LogP contribution in [0.4, 0.5) is 0 Å². The summed E-state index contributed by atoms with van der Waals surface area (Å²) in [6.07, 6.45) is 3.80. The van der Waals surface area contributed by atoms with Crippen LogP contribution in [0.1, 0.15) is 30.6 Å².